The number of aryl methyl sites for hydroxylation is 2. The molecule has 0 N–H and O–H groups in total. The first-order valence-corrected chi connectivity index (χ1v) is 6.61. The Bertz CT molecular complexity index is 711. The van der Waals surface area contributed by atoms with E-state index in [0.29, 0.717) is 0 Å². The van der Waals surface area contributed by atoms with Crippen molar-refractivity contribution in [3.63, 3.8) is 0 Å². The van der Waals surface area contributed by atoms with Crippen LogP contribution in [0.3, 0.4) is 0 Å². The predicted molar refractivity (Wildman–Crippen MR) is 75.3 cm³/mol. The molecule has 0 aromatic carbocycles. The minimum Gasteiger partial charge on any atom is -0.349 e. The van der Waals surface area contributed by atoms with Gasteiger partial charge in [0.05, 0.1) is 17.9 Å². The number of pyridine rings is 1. The van der Waals surface area contributed by atoms with Gasteiger partial charge in [-0.15, -0.1) is 0 Å². The second kappa shape index (κ2) is 4.24. The van der Waals surface area contributed by atoms with Crippen LogP contribution in [0.5, 0.6) is 0 Å². The van der Waals surface area contributed by atoms with Gasteiger partial charge < -0.3 is 4.57 Å². The van der Waals surface area contributed by atoms with Crippen molar-refractivity contribution in [1.82, 2.24) is 19.3 Å². The molecule has 0 saturated heterocycles. The van der Waals surface area contributed by atoms with Gasteiger partial charge in [0.15, 0.2) is 0 Å². The second-order valence-electron chi connectivity index (χ2n) is 4.26. The highest BCUT2D eigenvalue weighted by molar-refractivity contribution is 9.10. The molecule has 0 saturated carbocycles. The minimum absolute atomic E-state index is 0.852. The van der Waals surface area contributed by atoms with Gasteiger partial charge in [-0.05, 0) is 28.9 Å². The zero-order valence-corrected chi connectivity index (χ0v) is 11.8. The highest BCUT2D eigenvalue weighted by Crippen LogP contribution is 2.30. The number of halogens is 1. The monoisotopic (exact) mass is 304 g/mol. The molecule has 3 heterocycles. The van der Waals surface area contributed by atoms with Crippen molar-refractivity contribution in [2.75, 3.05) is 0 Å². The van der Waals surface area contributed by atoms with Crippen molar-refractivity contribution < 1.29 is 0 Å². The number of nitrogens with zero attached hydrogens (tertiary/aromatic N) is 4. The van der Waals surface area contributed by atoms with E-state index in [0.717, 1.165) is 22.2 Å². The molecule has 0 aliphatic carbocycles. The quantitative estimate of drug-likeness (QED) is 0.682. The van der Waals surface area contributed by atoms with Crippen LogP contribution in [0.1, 0.15) is 6.92 Å². The van der Waals surface area contributed by atoms with Gasteiger partial charge in [0.1, 0.15) is 4.60 Å². The van der Waals surface area contributed by atoms with Crippen LogP contribution in [0, 0.1) is 0 Å². The van der Waals surface area contributed by atoms with Gasteiger partial charge in [-0.2, -0.15) is 5.10 Å². The number of fused-ring (bicyclic) bond motifs is 1. The van der Waals surface area contributed by atoms with Crippen LogP contribution in [-0.4, -0.2) is 19.3 Å². The van der Waals surface area contributed by atoms with Crippen LogP contribution >= 0.6 is 15.9 Å². The van der Waals surface area contributed by atoms with Crippen molar-refractivity contribution in [2.45, 2.75) is 13.5 Å². The largest absolute Gasteiger partial charge is 0.349 e. The minimum atomic E-state index is 0.852. The SMILES string of the molecule is CCn1cc(-c2cn(C)c3cnc(Br)cc23)cn1. The Morgan fingerprint density at radius 1 is 1.28 bits per heavy atom. The zero-order chi connectivity index (χ0) is 12.7. The smallest absolute Gasteiger partial charge is 0.106 e. The molecular weight excluding hydrogens is 292 g/mol. The number of hydrogen-bond donors (Lipinski definition) is 0. The average molecular weight is 305 g/mol. The molecular formula is C13H13BrN4. The van der Waals surface area contributed by atoms with Crippen LogP contribution in [0.2, 0.25) is 0 Å². The summed E-state index contributed by atoms with van der Waals surface area (Å²) in [6, 6.07) is 2.05. The van der Waals surface area contributed by atoms with Gasteiger partial charge >= 0.3 is 0 Å². The molecule has 0 atom stereocenters. The lowest BCUT2D eigenvalue weighted by atomic mass is 10.1. The third kappa shape index (κ3) is 1.75. The zero-order valence-electron chi connectivity index (χ0n) is 10.3. The lowest BCUT2D eigenvalue weighted by Crippen LogP contribution is -1.91. The molecule has 3 aromatic heterocycles. The first-order chi connectivity index (χ1) is 8.69. The van der Waals surface area contributed by atoms with Gasteiger partial charge in [0.2, 0.25) is 0 Å². The maximum absolute atomic E-state index is 4.33. The Hall–Kier alpha value is -1.62. The average Bonchev–Trinajstić information content (AvgIpc) is 2.94. The van der Waals surface area contributed by atoms with Crippen LogP contribution in [0.15, 0.2) is 35.5 Å². The molecule has 0 aliphatic rings. The lowest BCUT2D eigenvalue weighted by molar-refractivity contribution is 0.660. The summed E-state index contributed by atoms with van der Waals surface area (Å²) in [5, 5.41) is 5.52. The van der Waals surface area contributed by atoms with E-state index in [4.69, 9.17) is 0 Å². The summed E-state index contributed by atoms with van der Waals surface area (Å²) < 4.78 is 4.88. The third-order valence-electron chi connectivity index (χ3n) is 3.11. The maximum atomic E-state index is 4.33. The highest BCUT2D eigenvalue weighted by atomic mass is 79.9. The van der Waals surface area contributed by atoms with Gasteiger partial charge in [-0.3, -0.25) is 4.68 Å². The molecule has 0 aliphatic heterocycles. The summed E-state index contributed by atoms with van der Waals surface area (Å²) in [5.41, 5.74) is 3.45. The standard InChI is InChI=1S/C13H13BrN4/c1-3-18-7-9(5-16-18)11-8-17(2)12-6-15-13(14)4-10(11)12/h4-8H,3H2,1-2H3. The normalized spacial score (nSPS) is 11.3. The maximum Gasteiger partial charge on any atom is 0.106 e. The van der Waals surface area contributed by atoms with Gasteiger partial charge in [0, 0.05) is 42.5 Å². The van der Waals surface area contributed by atoms with Crippen LogP contribution in [-0.2, 0) is 13.6 Å². The summed E-state index contributed by atoms with van der Waals surface area (Å²) in [5.74, 6) is 0. The van der Waals surface area contributed by atoms with Crippen molar-refractivity contribution in [3.8, 4) is 11.1 Å². The molecule has 0 amide bonds. The molecule has 3 aromatic rings. The Balaban J connectivity index is 2.25. The number of aromatic nitrogens is 4. The Labute approximate surface area is 113 Å². The van der Waals surface area contributed by atoms with Gasteiger partial charge in [-0.25, -0.2) is 4.98 Å². The molecule has 18 heavy (non-hydrogen) atoms. The summed E-state index contributed by atoms with van der Waals surface area (Å²) in [6.45, 7) is 2.97. The Kier molecular flexibility index (Phi) is 2.70. The summed E-state index contributed by atoms with van der Waals surface area (Å²) in [7, 11) is 2.03. The van der Waals surface area contributed by atoms with Crippen LogP contribution in [0.4, 0.5) is 0 Å². The topological polar surface area (TPSA) is 35.6 Å². The van der Waals surface area contributed by atoms with Crippen molar-refractivity contribution in [2.24, 2.45) is 7.05 Å². The molecule has 0 unspecified atom stereocenters. The van der Waals surface area contributed by atoms with Crippen molar-refractivity contribution in [1.29, 1.82) is 0 Å². The Morgan fingerprint density at radius 3 is 2.83 bits per heavy atom. The summed E-state index contributed by atoms with van der Waals surface area (Å²) in [6.07, 6.45) is 7.98. The molecule has 0 bridgehead atoms. The van der Waals surface area contributed by atoms with E-state index >= 15 is 0 Å². The molecule has 5 heteroatoms. The predicted octanol–water partition coefficient (Wildman–Crippen LogP) is 3.22. The molecule has 0 radical (unpaired) electrons. The number of rotatable bonds is 2. The molecule has 0 fully saturated rings. The van der Waals surface area contributed by atoms with Crippen molar-refractivity contribution in [3.05, 3.63) is 35.5 Å². The second-order valence-corrected chi connectivity index (χ2v) is 5.08. The molecule has 0 spiro atoms. The number of hydrogen-bond acceptors (Lipinski definition) is 2. The van der Waals surface area contributed by atoms with Gasteiger partial charge in [-0.1, -0.05) is 0 Å². The lowest BCUT2D eigenvalue weighted by Gasteiger charge is -1.96. The van der Waals surface area contributed by atoms with E-state index in [2.05, 4.69) is 49.9 Å². The fourth-order valence-electron chi connectivity index (χ4n) is 2.16. The van der Waals surface area contributed by atoms with Crippen LogP contribution < -0.4 is 0 Å². The van der Waals surface area contributed by atoms with E-state index < -0.39 is 0 Å². The first kappa shape index (κ1) is 11.5. The van der Waals surface area contributed by atoms with E-state index in [1.54, 1.807) is 0 Å². The first-order valence-electron chi connectivity index (χ1n) is 5.82. The van der Waals surface area contributed by atoms with E-state index in [9.17, 15) is 0 Å². The molecule has 3 rings (SSSR count). The van der Waals surface area contributed by atoms with E-state index in [-0.39, 0.29) is 0 Å². The summed E-state index contributed by atoms with van der Waals surface area (Å²) in [4.78, 5) is 4.27. The Morgan fingerprint density at radius 2 is 2.11 bits per heavy atom. The third-order valence-corrected chi connectivity index (χ3v) is 3.54. The molecule has 92 valence electrons. The summed E-state index contributed by atoms with van der Waals surface area (Å²) >= 11 is 3.43. The van der Waals surface area contributed by atoms with Gasteiger partial charge in [0.25, 0.3) is 0 Å². The fraction of sp³-hybridized carbons (Fsp3) is 0.231. The fourth-order valence-corrected chi connectivity index (χ4v) is 2.49. The molecule has 4 nitrogen and oxygen atoms in total. The van der Waals surface area contributed by atoms with Crippen molar-refractivity contribution >= 4 is 26.8 Å². The van der Waals surface area contributed by atoms with E-state index in [1.807, 2.05) is 30.2 Å². The van der Waals surface area contributed by atoms with Crippen LogP contribution in [0.25, 0.3) is 22.0 Å². The van der Waals surface area contributed by atoms with E-state index in [1.165, 1.54) is 10.9 Å². The highest BCUT2D eigenvalue weighted by Gasteiger charge is 2.11.